The van der Waals surface area contributed by atoms with Crippen LogP contribution >= 0.6 is 0 Å². The summed E-state index contributed by atoms with van der Waals surface area (Å²) in [6.45, 7) is 4.51. The van der Waals surface area contributed by atoms with Crippen LogP contribution < -0.4 is 5.73 Å². The molecule has 0 radical (unpaired) electrons. The van der Waals surface area contributed by atoms with Gasteiger partial charge in [0.2, 0.25) is 0 Å². The Kier molecular flexibility index (Phi) is 3.49. The summed E-state index contributed by atoms with van der Waals surface area (Å²) in [5.74, 6) is 1.08. The van der Waals surface area contributed by atoms with Crippen LogP contribution in [0.4, 0.5) is 5.82 Å². The van der Waals surface area contributed by atoms with Crippen molar-refractivity contribution in [2.75, 3.05) is 5.73 Å². The summed E-state index contributed by atoms with van der Waals surface area (Å²) >= 11 is 0. The molecule has 3 rings (SSSR count). The van der Waals surface area contributed by atoms with Crippen molar-refractivity contribution < 1.29 is 0 Å². The van der Waals surface area contributed by atoms with Gasteiger partial charge in [0.25, 0.3) is 0 Å². The van der Waals surface area contributed by atoms with Gasteiger partial charge in [0.1, 0.15) is 5.52 Å². The average molecular weight is 283 g/mol. The van der Waals surface area contributed by atoms with Crippen LogP contribution in [0, 0.1) is 5.92 Å². The van der Waals surface area contributed by atoms with Crippen LogP contribution in [0.1, 0.15) is 32.4 Å². The molecule has 0 saturated heterocycles. The molecule has 3 aromatic rings. The molecule has 0 aromatic carbocycles. The van der Waals surface area contributed by atoms with Crippen molar-refractivity contribution in [2.45, 2.75) is 33.1 Å². The lowest BCUT2D eigenvalue weighted by Crippen LogP contribution is -2.05. The van der Waals surface area contributed by atoms with E-state index in [4.69, 9.17) is 5.73 Å². The Morgan fingerprint density at radius 1 is 1.38 bits per heavy atom. The minimum absolute atomic E-state index is 0.459. The van der Waals surface area contributed by atoms with Gasteiger partial charge in [-0.3, -0.25) is 4.68 Å². The molecule has 5 heteroatoms. The molecule has 3 heterocycles. The molecule has 0 aliphatic carbocycles. The number of rotatable bonds is 4. The molecule has 5 nitrogen and oxygen atoms in total. The first-order valence-corrected chi connectivity index (χ1v) is 7.47. The summed E-state index contributed by atoms with van der Waals surface area (Å²) in [5.41, 5.74) is 8.77. The fraction of sp³-hybridized carbons (Fsp3) is 0.438. The second-order valence-corrected chi connectivity index (χ2v) is 5.76. The fourth-order valence-electron chi connectivity index (χ4n) is 3.03. The Balaban J connectivity index is 2.26. The van der Waals surface area contributed by atoms with E-state index in [1.54, 1.807) is 6.20 Å². The van der Waals surface area contributed by atoms with Crippen molar-refractivity contribution in [1.82, 2.24) is 19.7 Å². The van der Waals surface area contributed by atoms with E-state index < -0.39 is 0 Å². The third-order valence-corrected chi connectivity index (χ3v) is 4.01. The summed E-state index contributed by atoms with van der Waals surface area (Å²) < 4.78 is 1.95. The minimum Gasteiger partial charge on any atom is -0.382 e. The van der Waals surface area contributed by atoms with Crippen molar-refractivity contribution in [1.29, 1.82) is 0 Å². The quantitative estimate of drug-likeness (QED) is 0.799. The zero-order valence-corrected chi connectivity index (χ0v) is 12.8. The highest BCUT2D eigenvalue weighted by Crippen LogP contribution is 2.30. The molecular weight excluding hydrogens is 262 g/mol. The second-order valence-electron chi connectivity index (χ2n) is 5.76. The van der Waals surface area contributed by atoms with Crippen molar-refractivity contribution in [2.24, 2.45) is 13.0 Å². The summed E-state index contributed by atoms with van der Waals surface area (Å²) in [4.78, 5) is 8.69. The first-order chi connectivity index (χ1) is 10.1. The lowest BCUT2D eigenvalue weighted by Gasteiger charge is -2.11. The Morgan fingerprint density at radius 3 is 2.95 bits per heavy atom. The van der Waals surface area contributed by atoms with Gasteiger partial charge in [0.05, 0.1) is 0 Å². The molecular formula is C16H21N5. The van der Waals surface area contributed by atoms with Crippen molar-refractivity contribution in [3.8, 4) is 0 Å². The predicted molar refractivity (Wildman–Crippen MR) is 86.0 cm³/mol. The normalized spacial score (nSPS) is 13.1. The van der Waals surface area contributed by atoms with Gasteiger partial charge in [-0.05, 0) is 24.5 Å². The molecule has 1 atom stereocenters. The third-order valence-electron chi connectivity index (χ3n) is 4.01. The van der Waals surface area contributed by atoms with Crippen molar-refractivity contribution in [3.63, 3.8) is 0 Å². The predicted octanol–water partition coefficient (Wildman–Crippen LogP) is 3.08. The van der Waals surface area contributed by atoms with Crippen LogP contribution in [0.3, 0.4) is 0 Å². The number of nitrogens with zero attached hydrogens (tertiary/aromatic N) is 4. The Bertz CT molecular complexity index is 790. The van der Waals surface area contributed by atoms with Gasteiger partial charge in [-0.25, -0.2) is 9.97 Å². The van der Waals surface area contributed by atoms with E-state index in [9.17, 15) is 0 Å². The summed E-state index contributed by atoms with van der Waals surface area (Å²) in [6, 6.07) is 3.98. The number of aromatic nitrogens is 4. The fourth-order valence-corrected chi connectivity index (χ4v) is 3.03. The van der Waals surface area contributed by atoms with E-state index in [2.05, 4.69) is 28.9 Å². The van der Waals surface area contributed by atoms with Gasteiger partial charge in [0, 0.05) is 29.7 Å². The molecule has 21 heavy (non-hydrogen) atoms. The van der Waals surface area contributed by atoms with Crippen LogP contribution in [0.2, 0.25) is 0 Å². The molecule has 0 spiro atoms. The lowest BCUT2D eigenvalue weighted by molar-refractivity contribution is 0.504. The SMILES string of the molecule is CCCC(C)Cc1c2c(nn1C)c(N)nc1ncccc12. The Hall–Kier alpha value is -2.17. The zero-order valence-electron chi connectivity index (χ0n) is 12.8. The summed E-state index contributed by atoms with van der Waals surface area (Å²) in [5, 5.41) is 6.72. The highest BCUT2D eigenvalue weighted by Gasteiger charge is 2.18. The molecule has 1 unspecified atom stereocenters. The first-order valence-electron chi connectivity index (χ1n) is 7.47. The molecule has 0 aliphatic heterocycles. The smallest absolute Gasteiger partial charge is 0.162 e. The van der Waals surface area contributed by atoms with E-state index in [1.165, 1.54) is 18.5 Å². The minimum atomic E-state index is 0.459. The number of hydrogen-bond donors (Lipinski definition) is 1. The third kappa shape index (κ3) is 2.33. The zero-order chi connectivity index (χ0) is 15.0. The highest BCUT2D eigenvalue weighted by molar-refractivity contribution is 6.08. The van der Waals surface area contributed by atoms with Gasteiger partial charge in [0.15, 0.2) is 11.5 Å². The second kappa shape index (κ2) is 5.31. The van der Waals surface area contributed by atoms with Crippen molar-refractivity contribution >= 4 is 27.8 Å². The van der Waals surface area contributed by atoms with Crippen LogP contribution in [0.25, 0.3) is 21.9 Å². The number of nitrogens with two attached hydrogens (primary N) is 1. The lowest BCUT2D eigenvalue weighted by atomic mass is 9.97. The van der Waals surface area contributed by atoms with Crippen LogP contribution in [-0.2, 0) is 13.5 Å². The van der Waals surface area contributed by atoms with Gasteiger partial charge in [-0.2, -0.15) is 5.10 Å². The molecule has 0 aliphatic rings. The largest absolute Gasteiger partial charge is 0.382 e. The van der Waals surface area contributed by atoms with E-state index in [0.717, 1.165) is 22.7 Å². The van der Waals surface area contributed by atoms with Gasteiger partial charge >= 0.3 is 0 Å². The number of fused-ring (bicyclic) bond motifs is 3. The average Bonchev–Trinajstić information content (AvgIpc) is 2.78. The standard InChI is InChI=1S/C16H21N5/c1-4-6-10(2)9-12-13-11-7-5-8-18-16(11)19-15(17)14(13)20-21(12)3/h5,7-8,10H,4,6,9H2,1-3H3,(H2,17,18,19). The van der Waals surface area contributed by atoms with Gasteiger partial charge in [-0.1, -0.05) is 26.7 Å². The summed E-state index contributed by atoms with van der Waals surface area (Å²) in [7, 11) is 1.98. The number of nitrogen functional groups attached to an aromatic ring is 1. The van der Waals surface area contributed by atoms with E-state index in [-0.39, 0.29) is 0 Å². The van der Waals surface area contributed by atoms with E-state index in [0.29, 0.717) is 17.4 Å². The maximum atomic E-state index is 6.07. The van der Waals surface area contributed by atoms with E-state index in [1.807, 2.05) is 23.9 Å². The molecule has 3 aromatic heterocycles. The topological polar surface area (TPSA) is 69.6 Å². The van der Waals surface area contributed by atoms with Crippen LogP contribution in [-0.4, -0.2) is 19.7 Å². The summed E-state index contributed by atoms with van der Waals surface area (Å²) in [6.07, 6.45) is 5.15. The molecule has 0 saturated carbocycles. The molecule has 2 N–H and O–H groups in total. The monoisotopic (exact) mass is 283 g/mol. The van der Waals surface area contributed by atoms with E-state index >= 15 is 0 Å². The molecule has 0 bridgehead atoms. The Morgan fingerprint density at radius 2 is 2.19 bits per heavy atom. The van der Waals surface area contributed by atoms with Gasteiger partial charge in [-0.15, -0.1) is 0 Å². The molecule has 110 valence electrons. The molecule has 0 amide bonds. The number of pyridine rings is 2. The number of hydrogen-bond acceptors (Lipinski definition) is 4. The Labute approximate surface area is 124 Å². The first kappa shape index (κ1) is 13.8. The highest BCUT2D eigenvalue weighted by atomic mass is 15.3. The maximum Gasteiger partial charge on any atom is 0.162 e. The molecule has 0 fully saturated rings. The van der Waals surface area contributed by atoms with Crippen molar-refractivity contribution in [3.05, 3.63) is 24.0 Å². The van der Waals surface area contributed by atoms with Gasteiger partial charge < -0.3 is 5.73 Å². The number of aryl methyl sites for hydroxylation is 1. The van der Waals surface area contributed by atoms with Crippen LogP contribution in [0.15, 0.2) is 18.3 Å². The maximum absolute atomic E-state index is 6.07. The number of anilines is 1. The van der Waals surface area contributed by atoms with Crippen LogP contribution in [0.5, 0.6) is 0 Å².